The lowest BCUT2D eigenvalue weighted by molar-refractivity contribution is 0.623. The second-order valence-electron chi connectivity index (χ2n) is 19.1. The van der Waals surface area contributed by atoms with Crippen molar-refractivity contribution >= 4 is 48.6 Å². The van der Waals surface area contributed by atoms with Crippen LogP contribution in [0.15, 0.2) is 237 Å². The monoisotopic (exact) mass is 871 g/mol. The summed E-state index contributed by atoms with van der Waals surface area (Å²) in [6.45, 7) is 4.77. The Morgan fingerprint density at radius 2 is 0.716 bits per heavy atom. The zero-order chi connectivity index (χ0) is 44.5. The largest absolute Gasteiger partial charge is 0.310 e. The van der Waals surface area contributed by atoms with Gasteiger partial charge in [-0.25, -0.2) is 0 Å². The van der Waals surface area contributed by atoms with Gasteiger partial charge in [0.25, 0.3) is 0 Å². The molecule has 0 aliphatic heterocycles. The fourth-order valence-electron chi connectivity index (χ4n) is 12.8. The quantitative estimate of drug-likeness (QED) is 0.167. The number of fused-ring (bicyclic) bond motifs is 15. The topological polar surface area (TPSA) is 3.24 Å². The maximum atomic E-state index is 2.54. The summed E-state index contributed by atoms with van der Waals surface area (Å²) in [5.41, 5.74) is 20.5. The minimum Gasteiger partial charge on any atom is -0.310 e. The van der Waals surface area contributed by atoms with Gasteiger partial charge < -0.3 is 4.90 Å². The van der Waals surface area contributed by atoms with Crippen LogP contribution in [0.5, 0.6) is 0 Å². The third-order valence-corrected chi connectivity index (χ3v) is 16.7. The standard InChI is InChI=1S/C65H45NS/c1-63(2)53-26-12-9-23-47(53)49-36-33-44(39-59(49)63)66(46-35-38-52-51-25-11-18-32-61(51)67-62(52)41-46)45-34-37-50-48-24-10-13-27-54(48)65(60(50)40-45)57-30-16-14-28-55(57)64(42-19-5-3-6-20-42,43-21-7-4-8-22-43)56-29-15-17-31-58(56)65/h3-41H,1-2H3. The molecule has 11 aromatic rings. The second kappa shape index (κ2) is 14.1. The van der Waals surface area contributed by atoms with E-state index < -0.39 is 10.8 Å². The Labute approximate surface area is 395 Å². The van der Waals surface area contributed by atoms with Gasteiger partial charge in [0.15, 0.2) is 0 Å². The van der Waals surface area contributed by atoms with E-state index >= 15 is 0 Å². The molecule has 0 unspecified atom stereocenters. The molecule has 0 saturated heterocycles. The van der Waals surface area contributed by atoms with Gasteiger partial charge in [0.2, 0.25) is 0 Å². The van der Waals surface area contributed by atoms with Crippen molar-refractivity contribution in [3.05, 3.63) is 292 Å². The van der Waals surface area contributed by atoms with Crippen LogP contribution in [0.2, 0.25) is 0 Å². The predicted octanol–water partition coefficient (Wildman–Crippen LogP) is 16.9. The first kappa shape index (κ1) is 38.5. The molecule has 2 heteroatoms. The van der Waals surface area contributed by atoms with Crippen molar-refractivity contribution in [2.75, 3.05) is 4.90 Å². The molecule has 1 aromatic heterocycles. The van der Waals surface area contributed by atoms with E-state index in [1.807, 2.05) is 11.3 Å². The van der Waals surface area contributed by atoms with Crippen LogP contribution in [0, 0.1) is 0 Å². The molecule has 67 heavy (non-hydrogen) atoms. The van der Waals surface area contributed by atoms with E-state index in [0.29, 0.717) is 0 Å². The van der Waals surface area contributed by atoms with E-state index in [-0.39, 0.29) is 5.41 Å². The van der Waals surface area contributed by atoms with E-state index in [0.717, 1.165) is 17.1 Å². The molecule has 316 valence electrons. The van der Waals surface area contributed by atoms with Gasteiger partial charge in [0.05, 0.1) is 10.8 Å². The Balaban J connectivity index is 1.06. The fraction of sp³-hybridized carbons (Fsp3) is 0.0769. The second-order valence-corrected chi connectivity index (χ2v) is 20.2. The molecule has 0 N–H and O–H groups in total. The first-order chi connectivity index (χ1) is 33.0. The highest BCUT2D eigenvalue weighted by atomic mass is 32.1. The molecule has 0 saturated carbocycles. The maximum absolute atomic E-state index is 2.54. The summed E-state index contributed by atoms with van der Waals surface area (Å²) < 4.78 is 2.60. The van der Waals surface area contributed by atoms with E-state index in [1.54, 1.807) is 0 Å². The van der Waals surface area contributed by atoms with Crippen LogP contribution >= 0.6 is 11.3 Å². The molecule has 1 spiro atoms. The number of hydrogen-bond donors (Lipinski definition) is 0. The van der Waals surface area contributed by atoms with Gasteiger partial charge in [-0.15, -0.1) is 11.3 Å². The van der Waals surface area contributed by atoms with E-state index in [4.69, 9.17) is 0 Å². The van der Waals surface area contributed by atoms with Crippen molar-refractivity contribution in [1.82, 2.24) is 0 Å². The Kier molecular flexibility index (Phi) is 8.11. The Hall–Kier alpha value is -7.78. The molecule has 0 fully saturated rings. The highest BCUT2D eigenvalue weighted by Gasteiger charge is 2.56. The van der Waals surface area contributed by atoms with Crippen LogP contribution in [0.25, 0.3) is 42.4 Å². The van der Waals surface area contributed by atoms with Gasteiger partial charge in [-0.3, -0.25) is 0 Å². The minimum absolute atomic E-state index is 0.147. The third-order valence-electron chi connectivity index (χ3n) is 15.6. The highest BCUT2D eigenvalue weighted by molar-refractivity contribution is 7.25. The number of hydrogen-bond acceptors (Lipinski definition) is 2. The zero-order valence-corrected chi connectivity index (χ0v) is 38.2. The first-order valence-corrected chi connectivity index (χ1v) is 24.3. The maximum Gasteiger partial charge on any atom is 0.0720 e. The number of nitrogens with zero attached hydrogens (tertiary/aromatic N) is 1. The van der Waals surface area contributed by atoms with Gasteiger partial charge in [-0.2, -0.15) is 0 Å². The first-order valence-electron chi connectivity index (χ1n) is 23.5. The number of rotatable bonds is 5. The molecule has 10 aromatic carbocycles. The Bertz CT molecular complexity index is 3710. The summed E-state index contributed by atoms with van der Waals surface area (Å²) >= 11 is 1.88. The molecule has 3 aliphatic rings. The van der Waals surface area contributed by atoms with Crippen LogP contribution in [0.1, 0.15) is 69.5 Å². The summed E-state index contributed by atoms with van der Waals surface area (Å²) in [7, 11) is 0. The van der Waals surface area contributed by atoms with Crippen LogP contribution in [0.3, 0.4) is 0 Å². The van der Waals surface area contributed by atoms with Gasteiger partial charge >= 0.3 is 0 Å². The SMILES string of the molecule is CC1(C)c2ccccc2-c2ccc(N(c3ccc4c(c3)C3(c5ccccc5-4)c4ccccc4C(c4ccccc4)(c4ccccc4)c4ccccc43)c3ccc4c(c3)sc3ccccc34)cc21. The molecule has 0 amide bonds. The lowest BCUT2D eigenvalue weighted by Gasteiger charge is -2.50. The van der Waals surface area contributed by atoms with Gasteiger partial charge in [-0.05, 0) is 120 Å². The summed E-state index contributed by atoms with van der Waals surface area (Å²) in [6.07, 6.45) is 0. The highest BCUT2D eigenvalue weighted by Crippen LogP contribution is 2.65. The lowest BCUT2D eigenvalue weighted by Crippen LogP contribution is -2.44. The van der Waals surface area contributed by atoms with Gasteiger partial charge in [-0.1, -0.05) is 208 Å². The predicted molar refractivity (Wildman–Crippen MR) is 281 cm³/mol. The molecule has 0 radical (unpaired) electrons. The third kappa shape index (κ3) is 5.09. The molecule has 1 nitrogen and oxygen atoms in total. The lowest BCUT2D eigenvalue weighted by atomic mass is 9.51. The van der Waals surface area contributed by atoms with E-state index in [9.17, 15) is 0 Å². The molecular formula is C65H45NS. The molecular weight excluding hydrogens is 827 g/mol. The number of benzene rings is 10. The molecule has 14 rings (SSSR count). The van der Waals surface area contributed by atoms with Crippen LogP contribution in [-0.2, 0) is 16.2 Å². The number of anilines is 3. The van der Waals surface area contributed by atoms with Gasteiger partial charge in [0.1, 0.15) is 0 Å². The van der Waals surface area contributed by atoms with Crippen molar-refractivity contribution in [2.45, 2.75) is 30.1 Å². The normalized spacial score (nSPS) is 15.1. The zero-order valence-electron chi connectivity index (χ0n) is 37.4. The van der Waals surface area contributed by atoms with Crippen LogP contribution in [0.4, 0.5) is 17.1 Å². The average molecular weight is 872 g/mol. The average Bonchev–Trinajstić information content (AvgIpc) is 3.98. The minimum atomic E-state index is -0.606. The van der Waals surface area contributed by atoms with Crippen molar-refractivity contribution in [1.29, 1.82) is 0 Å². The van der Waals surface area contributed by atoms with Crippen molar-refractivity contribution < 1.29 is 0 Å². The number of thiophene rings is 1. The van der Waals surface area contributed by atoms with Gasteiger partial charge in [0, 0.05) is 42.6 Å². The van der Waals surface area contributed by atoms with E-state index in [1.165, 1.54) is 98.1 Å². The van der Waals surface area contributed by atoms with Crippen LogP contribution < -0.4 is 4.90 Å². The van der Waals surface area contributed by atoms with E-state index in [2.05, 4.69) is 255 Å². The van der Waals surface area contributed by atoms with Crippen LogP contribution in [-0.4, -0.2) is 0 Å². The van der Waals surface area contributed by atoms with Crippen molar-refractivity contribution in [2.24, 2.45) is 0 Å². The van der Waals surface area contributed by atoms with Crippen molar-refractivity contribution in [3.8, 4) is 22.3 Å². The fourth-order valence-corrected chi connectivity index (χ4v) is 14.0. The summed E-state index contributed by atoms with van der Waals surface area (Å²) in [6, 6.07) is 89.7. The summed E-state index contributed by atoms with van der Waals surface area (Å²) in [5.74, 6) is 0. The molecule has 0 atom stereocenters. The smallest absolute Gasteiger partial charge is 0.0720 e. The summed E-state index contributed by atoms with van der Waals surface area (Å²) in [5, 5.41) is 2.61. The molecule has 3 aliphatic carbocycles. The molecule has 1 heterocycles. The Morgan fingerprint density at radius 3 is 1.34 bits per heavy atom. The Morgan fingerprint density at radius 1 is 0.299 bits per heavy atom. The van der Waals surface area contributed by atoms with Crippen molar-refractivity contribution in [3.63, 3.8) is 0 Å². The summed E-state index contributed by atoms with van der Waals surface area (Å²) in [4.78, 5) is 2.53. The molecule has 0 bridgehead atoms.